The van der Waals surface area contributed by atoms with E-state index < -0.39 is 10.0 Å². The van der Waals surface area contributed by atoms with Gasteiger partial charge in [0.15, 0.2) is 0 Å². The third-order valence-electron chi connectivity index (χ3n) is 2.18. The maximum atomic E-state index is 11.0. The third kappa shape index (κ3) is 2.42. The first-order chi connectivity index (χ1) is 5.25. The summed E-state index contributed by atoms with van der Waals surface area (Å²) in [5.41, 5.74) is 0. The largest absolute Gasteiger partial charge is 0.380 e. The molecule has 0 aromatic rings. The topological polar surface area (TPSA) is 26.3 Å². The van der Waals surface area contributed by atoms with Crippen LogP contribution in [0.3, 0.4) is 0 Å². The fourth-order valence-electron chi connectivity index (χ4n) is 1.54. The second kappa shape index (κ2) is 4.43. The summed E-state index contributed by atoms with van der Waals surface area (Å²) in [7, 11) is 5.95. The molecule has 0 amide bonds. The Morgan fingerprint density at radius 1 is 1.45 bits per heavy atom. The average molecular weight is 197 g/mol. The zero-order valence-corrected chi connectivity index (χ0v) is 8.16. The van der Waals surface area contributed by atoms with E-state index in [9.17, 15) is 4.21 Å². The lowest BCUT2D eigenvalue weighted by Gasteiger charge is -2.27. The van der Waals surface area contributed by atoms with E-state index in [0.29, 0.717) is 0 Å². The van der Waals surface area contributed by atoms with Crippen molar-refractivity contribution in [1.29, 1.82) is 0 Å². The van der Waals surface area contributed by atoms with Crippen LogP contribution in [0.1, 0.15) is 25.7 Å². The van der Waals surface area contributed by atoms with Gasteiger partial charge in [-0.25, -0.2) is 4.21 Å². The summed E-state index contributed by atoms with van der Waals surface area (Å²) < 4.78 is 16.2. The fourth-order valence-corrected chi connectivity index (χ4v) is 2.99. The van der Waals surface area contributed by atoms with Crippen molar-refractivity contribution in [2.75, 3.05) is 7.11 Å². The van der Waals surface area contributed by atoms with Crippen molar-refractivity contribution in [3.05, 3.63) is 0 Å². The van der Waals surface area contributed by atoms with E-state index in [0.717, 1.165) is 19.3 Å². The SMILES string of the molecule is CO[C@H]1CCCC[C@H]1S(=O)Cl. The Morgan fingerprint density at radius 3 is 2.55 bits per heavy atom. The zero-order chi connectivity index (χ0) is 8.27. The van der Waals surface area contributed by atoms with Crippen molar-refractivity contribution >= 4 is 20.7 Å². The number of hydrogen-bond acceptors (Lipinski definition) is 2. The van der Waals surface area contributed by atoms with Crippen LogP contribution in [0.5, 0.6) is 0 Å². The first-order valence-corrected chi connectivity index (χ1v) is 5.89. The van der Waals surface area contributed by atoms with E-state index in [-0.39, 0.29) is 11.4 Å². The lowest BCUT2D eigenvalue weighted by atomic mass is 9.97. The molecule has 66 valence electrons. The molecule has 4 heteroatoms. The molecule has 0 saturated heterocycles. The number of rotatable bonds is 2. The van der Waals surface area contributed by atoms with Gasteiger partial charge in [-0.05, 0) is 23.5 Å². The molecule has 0 aromatic carbocycles. The van der Waals surface area contributed by atoms with Crippen LogP contribution in [0.2, 0.25) is 0 Å². The summed E-state index contributed by atoms with van der Waals surface area (Å²) in [6.45, 7) is 0. The van der Waals surface area contributed by atoms with Gasteiger partial charge in [0, 0.05) is 7.11 Å². The van der Waals surface area contributed by atoms with Crippen LogP contribution in [-0.4, -0.2) is 22.7 Å². The Bertz CT molecular complexity index is 151. The summed E-state index contributed by atoms with van der Waals surface area (Å²) in [6, 6.07) is 0. The first-order valence-electron chi connectivity index (χ1n) is 3.85. The normalized spacial score (nSPS) is 35.1. The van der Waals surface area contributed by atoms with Gasteiger partial charge in [0.2, 0.25) is 0 Å². The minimum absolute atomic E-state index is 0.0513. The Balaban J connectivity index is 2.51. The summed E-state index contributed by atoms with van der Waals surface area (Å²) in [4.78, 5) is 0. The predicted octanol–water partition coefficient (Wildman–Crippen LogP) is 1.85. The highest BCUT2D eigenvalue weighted by molar-refractivity contribution is 8.08. The minimum atomic E-state index is -1.23. The number of methoxy groups -OCH3 is 1. The number of halogens is 1. The number of hydrogen-bond donors (Lipinski definition) is 0. The van der Waals surface area contributed by atoms with E-state index >= 15 is 0 Å². The molecule has 1 unspecified atom stereocenters. The fraction of sp³-hybridized carbons (Fsp3) is 1.00. The molecular weight excluding hydrogens is 184 g/mol. The minimum Gasteiger partial charge on any atom is -0.380 e. The second-order valence-corrected chi connectivity index (χ2v) is 4.86. The van der Waals surface area contributed by atoms with Crippen molar-refractivity contribution in [2.24, 2.45) is 0 Å². The van der Waals surface area contributed by atoms with E-state index in [2.05, 4.69) is 0 Å². The molecule has 1 fully saturated rings. The maximum Gasteiger partial charge on any atom is 0.120 e. The van der Waals surface area contributed by atoms with Crippen LogP contribution in [0.4, 0.5) is 0 Å². The number of ether oxygens (including phenoxy) is 1. The Hall–Kier alpha value is 0.400. The Morgan fingerprint density at radius 2 is 2.09 bits per heavy atom. The van der Waals surface area contributed by atoms with Crippen molar-refractivity contribution in [2.45, 2.75) is 37.0 Å². The van der Waals surface area contributed by atoms with E-state index in [1.807, 2.05) is 0 Å². The van der Waals surface area contributed by atoms with E-state index in [4.69, 9.17) is 15.4 Å². The predicted molar refractivity (Wildman–Crippen MR) is 47.0 cm³/mol. The third-order valence-corrected chi connectivity index (χ3v) is 3.88. The quantitative estimate of drug-likeness (QED) is 0.631. The summed E-state index contributed by atoms with van der Waals surface area (Å²) >= 11 is 0. The molecule has 0 aliphatic heterocycles. The van der Waals surface area contributed by atoms with Gasteiger partial charge in [-0.15, -0.1) is 0 Å². The highest BCUT2D eigenvalue weighted by Gasteiger charge is 2.28. The highest BCUT2D eigenvalue weighted by Crippen LogP contribution is 2.25. The molecule has 0 bridgehead atoms. The van der Waals surface area contributed by atoms with Gasteiger partial charge in [0.1, 0.15) is 10.0 Å². The average Bonchev–Trinajstić information content (AvgIpc) is 2.04. The van der Waals surface area contributed by atoms with E-state index in [1.54, 1.807) is 7.11 Å². The van der Waals surface area contributed by atoms with Gasteiger partial charge in [-0.2, -0.15) is 0 Å². The summed E-state index contributed by atoms with van der Waals surface area (Å²) in [6.07, 6.45) is 4.35. The first kappa shape index (κ1) is 9.49. The van der Waals surface area contributed by atoms with Gasteiger partial charge >= 0.3 is 0 Å². The Labute approximate surface area is 74.2 Å². The lowest BCUT2D eigenvalue weighted by Crippen LogP contribution is -2.33. The maximum absolute atomic E-state index is 11.0. The molecule has 1 saturated carbocycles. The zero-order valence-electron chi connectivity index (χ0n) is 6.59. The van der Waals surface area contributed by atoms with Gasteiger partial charge in [0.25, 0.3) is 0 Å². The molecule has 0 heterocycles. The molecular formula is C7H13ClO2S. The molecule has 11 heavy (non-hydrogen) atoms. The van der Waals surface area contributed by atoms with Crippen LogP contribution in [-0.2, 0) is 14.7 Å². The van der Waals surface area contributed by atoms with Crippen molar-refractivity contribution in [3.8, 4) is 0 Å². The van der Waals surface area contributed by atoms with Crippen molar-refractivity contribution < 1.29 is 8.95 Å². The molecule has 0 radical (unpaired) electrons. The molecule has 1 aliphatic carbocycles. The van der Waals surface area contributed by atoms with Gasteiger partial charge in [-0.1, -0.05) is 12.8 Å². The van der Waals surface area contributed by atoms with Crippen LogP contribution in [0.25, 0.3) is 0 Å². The van der Waals surface area contributed by atoms with Gasteiger partial charge in [0.05, 0.1) is 11.4 Å². The summed E-state index contributed by atoms with van der Waals surface area (Å²) in [5, 5.41) is 0.0513. The lowest BCUT2D eigenvalue weighted by molar-refractivity contribution is 0.0755. The van der Waals surface area contributed by atoms with Crippen molar-refractivity contribution in [1.82, 2.24) is 0 Å². The van der Waals surface area contributed by atoms with Crippen LogP contribution < -0.4 is 0 Å². The molecule has 0 spiro atoms. The molecule has 1 rings (SSSR count). The smallest absolute Gasteiger partial charge is 0.120 e. The molecule has 3 atom stereocenters. The van der Waals surface area contributed by atoms with E-state index in [1.165, 1.54) is 6.42 Å². The van der Waals surface area contributed by atoms with Crippen LogP contribution in [0, 0.1) is 0 Å². The molecule has 2 nitrogen and oxygen atoms in total. The summed E-state index contributed by atoms with van der Waals surface area (Å²) in [5.74, 6) is 0. The monoisotopic (exact) mass is 196 g/mol. The molecule has 0 N–H and O–H groups in total. The van der Waals surface area contributed by atoms with Gasteiger partial charge < -0.3 is 4.74 Å². The highest BCUT2D eigenvalue weighted by atomic mass is 35.7. The standard InChI is InChI=1S/C7H13ClO2S/c1-10-6-4-2-3-5-7(6)11(8)9/h6-7H,2-5H2,1H3/t6-,7+,11?/m0/s1. The van der Waals surface area contributed by atoms with Crippen LogP contribution in [0.15, 0.2) is 0 Å². The van der Waals surface area contributed by atoms with Crippen LogP contribution >= 0.6 is 10.7 Å². The van der Waals surface area contributed by atoms with Gasteiger partial charge in [-0.3, -0.25) is 0 Å². The molecule has 1 aliphatic rings. The Kier molecular flexibility index (Phi) is 3.82. The molecule has 0 aromatic heterocycles. The second-order valence-electron chi connectivity index (χ2n) is 2.85. The van der Waals surface area contributed by atoms with Crippen molar-refractivity contribution in [3.63, 3.8) is 0 Å².